The van der Waals surface area contributed by atoms with Gasteiger partial charge in [-0.3, -0.25) is 9.69 Å². The van der Waals surface area contributed by atoms with Crippen LogP contribution in [0.4, 0.5) is 24.8 Å². The first-order valence-corrected chi connectivity index (χ1v) is 15.4. The highest BCUT2D eigenvalue weighted by atomic mass is 19.4. The van der Waals surface area contributed by atoms with E-state index in [1.54, 1.807) is 23.0 Å². The third-order valence-electron chi connectivity index (χ3n) is 9.30. The minimum absolute atomic E-state index is 0.0421. The van der Waals surface area contributed by atoms with Crippen molar-refractivity contribution in [1.82, 2.24) is 25.1 Å². The van der Waals surface area contributed by atoms with Crippen LogP contribution in [0.25, 0.3) is 22.5 Å². The van der Waals surface area contributed by atoms with Crippen LogP contribution in [0.2, 0.25) is 0 Å². The van der Waals surface area contributed by atoms with Crippen molar-refractivity contribution in [2.24, 2.45) is 7.05 Å². The fourth-order valence-corrected chi connectivity index (χ4v) is 6.30. The van der Waals surface area contributed by atoms with Gasteiger partial charge in [0.25, 0.3) is 5.91 Å². The summed E-state index contributed by atoms with van der Waals surface area (Å²) in [5.74, 6) is 0.767. The van der Waals surface area contributed by atoms with Crippen LogP contribution in [-0.2, 0) is 26.3 Å². The maximum atomic E-state index is 14.4. The lowest BCUT2D eigenvalue weighted by Gasteiger charge is -2.26. The van der Waals surface area contributed by atoms with Crippen LogP contribution in [-0.4, -0.2) is 37.2 Å². The van der Waals surface area contributed by atoms with Gasteiger partial charge in [0, 0.05) is 30.8 Å². The molecular formula is C34H33F3N8O. The van der Waals surface area contributed by atoms with Gasteiger partial charge < -0.3 is 15.2 Å². The lowest BCUT2D eigenvalue weighted by Crippen LogP contribution is -2.34. The first kappa shape index (κ1) is 29.9. The predicted octanol–water partition coefficient (Wildman–Crippen LogP) is 6.53. The number of nitrogens with zero attached hydrogens (tertiary/aromatic N) is 6. The third kappa shape index (κ3) is 5.60. The third-order valence-corrected chi connectivity index (χ3v) is 9.30. The first-order chi connectivity index (χ1) is 22.0. The summed E-state index contributed by atoms with van der Waals surface area (Å²) in [5, 5.41) is 24.5. The van der Waals surface area contributed by atoms with Crippen LogP contribution in [0.15, 0.2) is 48.8 Å². The molecule has 236 valence electrons. The molecule has 4 aromatic rings. The normalized spacial score (nSPS) is 17.0. The maximum absolute atomic E-state index is 14.4. The Morgan fingerprint density at radius 3 is 2.54 bits per heavy atom. The van der Waals surface area contributed by atoms with E-state index in [0.29, 0.717) is 22.8 Å². The Morgan fingerprint density at radius 1 is 1.09 bits per heavy atom. The lowest BCUT2D eigenvalue weighted by atomic mass is 9.92. The number of hydrogen-bond donors (Lipinski definition) is 2. The highest BCUT2D eigenvalue weighted by molar-refractivity contribution is 6.10. The molecule has 0 radical (unpaired) electrons. The molecule has 2 aromatic heterocycles. The summed E-state index contributed by atoms with van der Waals surface area (Å²) < 4.78 is 45.0. The fraction of sp³-hybridized carbons (Fsp3) is 0.382. The van der Waals surface area contributed by atoms with Crippen LogP contribution in [0.1, 0.15) is 71.1 Å². The molecule has 2 saturated carbocycles. The number of pyridine rings is 1. The number of rotatable bonds is 9. The fourth-order valence-electron chi connectivity index (χ4n) is 6.30. The number of amides is 1. The molecule has 12 heteroatoms. The van der Waals surface area contributed by atoms with Gasteiger partial charge in [-0.05, 0) is 79.1 Å². The number of carbonyl (C=O) groups is 1. The van der Waals surface area contributed by atoms with Crippen molar-refractivity contribution in [3.63, 3.8) is 0 Å². The largest absolute Gasteiger partial charge is 0.416 e. The zero-order valence-electron chi connectivity index (χ0n) is 25.6. The number of aryl methyl sites for hydroxylation is 2. The molecule has 0 saturated heterocycles. The van der Waals surface area contributed by atoms with Crippen LogP contribution < -0.4 is 15.5 Å². The van der Waals surface area contributed by atoms with E-state index in [0.717, 1.165) is 54.9 Å². The van der Waals surface area contributed by atoms with Crippen molar-refractivity contribution >= 4 is 17.5 Å². The smallest absolute Gasteiger partial charge is 0.364 e. The molecule has 3 aliphatic rings. The average Bonchev–Trinajstić information content (AvgIpc) is 3.46. The number of nitrogens with one attached hydrogen (secondary N) is 2. The number of halogens is 3. The van der Waals surface area contributed by atoms with Crippen molar-refractivity contribution < 1.29 is 18.0 Å². The summed E-state index contributed by atoms with van der Waals surface area (Å²) in [7, 11) is 1.84. The quantitative estimate of drug-likeness (QED) is 0.217. The van der Waals surface area contributed by atoms with E-state index in [4.69, 9.17) is 4.98 Å². The highest BCUT2D eigenvalue weighted by Crippen LogP contribution is 2.44. The molecule has 2 aliphatic carbocycles. The summed E-state index contributed by atoms with van der Waals surface area (Å²) in [4.78, 5) is 20.0. The minimum atomic E-state index is -4.63. The van der Waals surface area contributed by atoms with Crippen molar-refractivity contribution in [2.45, 2.75) is 76.3 Å². The Morgan fingerprint density at radius 2 is 1.89 bits per heavy atom. The zero-order valence-corrected chi connectivity index (χ0v) is 25.6. The monoisotopic (exact) mass is 626 g/mol. The van der Waals surface area contributed by atoms with Gasteiger partial charge in [-0.25, -0.2) is 4.98 Å². The maximum Gasteiger partial charge on any atom is 0.416 e. The molecule has 0 unspecified atom stereocenters. The Hall–Kier alpha value is -4.76. The van der Waals surface area contributed by atoms with Crippen molar-refractivity contribution in [2.75, 3.05) is 10.2 Å². The second-order valence-corrected chi connectivity index (χ2v) is 12.7. The Labute approximate surface area is 264 Å². The van der Waals surface area contributed by atoms with Gasteiger partial charge in [-0.15, -0.1) is 10.2 Å². The Balaban J connectivity index is 1.32. The number of benzene rings is 2. The zero-order chi connectivity index (χ0) is 32.2. The number of aromatic nitrogens is 4. The number of hydrogen-bond acceptors (Lipinski definition) is 7. The summed E-state index contributed by atoms with van der Waals surface area (Å²) >= 11 is 0. The molecule has 2 N–H and O–H groups in total. The second kappa shape index (κ2) is 11.2. The minimum Gasteiger partial charge on any atom is -0.364 e. The molecule has 0 atom stereocenters. The van der Waals surface area contributed by atoms with Gasteiger partial charge in [0.15, 0.2) is 5.82 Å². The molecule has 0 spiro atoms. The summed E-state index contributed by atoms with van der Waals surface area (Å²) in [6, 6.07) is 14.8. The molecule has 46 heavy (non-hydrogen) atoms. The molecule has 2 fully saturated rings. The summed E-state index contributed by atoms with van der Waals surface area (Å²) in [6.45, 7) is 1.96. The molecule has 7 rings (SSSR count). The topological polar surface area (TPSA) is 112 Å². The Kier molecular flexibility index (Phi) is 7.31. The molecular weight excluding hydrogens is 593 g/mol. The van der Waals surface area contributed by atoms with Gasteiger partial charge in [0.1, 0.15) is 18.0 Å². The number of nitriles is 1. The number of anilines is 2. The molecule has 0 bridgehead atoms. The molecule has 9 nitrogen and oxygen atoms in total. The SMILES string of the molecule is Cc1ccc(-c2nncn2C)c(-c2cc(NC3(CC#N)CC3)nc(N3Cc4c(cc(CNC5CCC5)cc4C(F)(F)F)C3=O)c2)c1. The van der Waals surface area contributed by atoms with E-state index in [-0.39, 0.29) is 42.5 Å². The van der Waals surface area contributed by atoms with E-state index >= 15 is 0 Å². The van der Waals surface area contributed by atoms with Gasteiger partial charge >= 0.3 is 6.18 Å². The number of alkyl halides is 3. The Bertz CT molecular complexity index is 1880. The van der Waals surface area contributed by atoms with E-state index in [1.165, 1.54) is 4.90 Å². The van der Waals surface area contributed by atoms with Crippen molar-refractivity contribution in [3.8, 4) is 28.6 Å². The van der Waals surface area contributed by atoms with Crippen LogP contribution in [0.3, 0.4) is 0 Å². The van der Waals surface area contributed by atoms with E-state index in [1.807, 2.05) is 38.2 Å². The molecule has 2 aromatic carbocycles. The summed E-state index contributed by atoms with van der Waals surface area (Å²) in [6.07, 6.45) is 1.94. The van der Waals surface area contributed by atoms with Gasteiger partial charge in [0.2, 0.25) is 0 Å². The van der Waals surface area contributed by atoms with Crippen LogP contribution >= 0.6 is 0 Å². The molecule has 3 heterocycles. The van der Waals surface area contributed by atoms with Crippen molar-refractivity contribution in [1.29, 1.82) is 5.26 Å². The average molecular weight is 627 g/mol. The van der Waals surface area contributed by atoms with Crippen LogP contribution in [0, 0.1) is 18.3 Å². The molecule has 1 aliphatic heterocycles. The van der Waals surface area contributed by atoms with Crippen LogP contribution in [0.5, 0.6) is 0 Å². The van der Waals surface area contributed by atoms with E-state index in [9.17, 15) is 23.2 Å². The lowest BCUT2D eigenvalue weighted by molar-refractivity contribution is -0.138. The summed E-state index contributed by atoms with van der Waals surface area (Å²) in [5.41, 5.74) is 2.48. The first-order valence-electron chi connectivity index (χ1n) is 15.4. The van der Waals surface area contributed by atoms with E-state index in [2.05, 4.69) is 26.9 Å². The standard InChI is InChI=1S/C34H33F3N8O/c1-20-6-7-24(31-43-40-19-44(31)2)25(12-20)22-15-29(42-33(8-9-33)10-11-38)41-30(16-22)45-18-27-26(32(45)46)13-21(14-28(27)34(35,36)37)17-39-23-4-3-5-23/h6-7,12-16,19,23,39H,3-5,8-10,17-18H2,1-2H3,(H,41,42). The van der Waals surface area contributed by atoms with Gasteiger partial charge in [0.05, 0.1) is 30.1 Å². The van der Waals surface area contributed by atoms with Gasteiger partial charge in [-0.2, -0.15) is 18.4 Å². The molecule has 1 amide bonds. The second-order valence-electron chi connectivity index (χ2n) is 12.7. The number of carbonyl (C=O) groups excluding carboxylic acids is 1. The predicted molar refractivity (Wildman–Crippen MR) is 167 cm³/mol. The number of fused-ring (bicyclic) bond motifs is 1. The van der Waals surface area contributed by atoms with Gasteiger partial charge in [-0.1, -0.05) is 30.2 Å². The van der Waals surface area contributed by atoms with Crippen molar-refractivity contribution in [3.05, 3.63) is 76.6 Å². The highest BCUT2D eigenvalue weighted by Gasteiger charge is 2.44. The van der Waals surface area contributed by atoms with E-state index < -0.39 is 23.2 Å².